The maximum atomic E-state index is 13.6. The first-order valence-corrected chi connectivity index (χ1v) is 7.95. The Morgan fingerprint density at radius 2 is 2.04 bits per heavy atom. The van der Waals surface area contributed by atoms with E-state index in [-0.39, 0.29) is 16.9 Å². The lowest BCUT2D eigenvalue weighted by Gasteiger charge is -2.08. The predicted octanol–water partition coefficient (Wildman–Crippen LogP) is 3.08. The number of pyridine rings is 1. The molecule has 2 aromatic heterocycles. The Balaban J connectivity index is 2.02. The highest BCUT2D eigenvalue weighted by Crippen LogP contribution is 2.23. The van der Waals surface area contributed by atoms with Crippen molar-refractivity contribution in [3.05, 3.63) is 59.3 Å². The van der Waals surface area contributed by atoms with Crippen molar-refractivity contribution in [1.29, 1.82) is 0 Å². The smallest absolute Gasteiger partial charge is 0.339 e. The van der Waals surface area contributed by atoms with Gasteiger partial charge in [-0.1, -0.05) is 13.3 Å². The van der Waals surface area contributed by atoms with Gasteiger partial charge < -0.3 is 15.5 Å². The van der Waals surface area contributed by atoms with Gasteiger partial charge in [0.05, 0.1) is 5.69 Å². The molecule has 0 aliphatic rings. The number of carbonyl (C=O) groups excluding carboxylic acids is 1. The second-order valence-corrected chi connectivity index (χ2v) is 5.72. The molecule has 26 heavy (non-hydrogen) atoms. The average molecular weight is 357 g/mol. The zero-order valence-electron chi connectivity index (χ0n) is 13.9. The van der Waals surface area contributed by atoms with Crippen molar-refractivity contribution in [2.75, 3.05) is 5.32 Å². The Hall–Kier alpha value is -3.42. The van der Waals surface area contributed by atoms with Crippen molar-refractivity contribution < 1.29 is 24.2 Å². The number of carbonyl (C=O) groups is 2. The molecule has 0 radical (unpaired) electrons. The van der Waals surface area contributed by atoms with Gasteiger partial charge in [-0.05, 0) is 36.8 Å². The predicted molar refractivity (Wildman–Crippen MR) is 92.2 cm³/mol. The molecule has 0 aliphatic carbocycles. The summed E-state index contributed by atoms with van der Waals surface area (Å²) in [5, 5.41) is 21.2. The molecule has 0 bridgehead atoms. The van der Waals surface area contributed by atoms with E-state index in [1.807, 2.05) is 6.92 Å². The number of carboxylic acids is 1. The number of carboxylic acid groups (broad SMARTS) is 1. The van der Waals surface area contributed by atoms with Gasteiger partial charge in [-0.15, -0.1) is 0 Å². The van der Waals surface area contributed by atoms with Crippen LogP contribution in [0.15, 0.2) is 36.5 Å². The van der Waals surface area contributed by atoms with Gasteiger partial charge in [-0.2, -0.15) is 0 Å². The molecule has 0 unspecified atom stereocenters. The summed E-state index contributed by atoms with van der Waals surface area (Å²) >= 11 is 0. The van der Waals surface area contributed by atoms with E-state index in [9.17, 15) is 19.1 Å². The number of aromatic hydroxyl groups is 1. The van der Waals surface area contributed by atoms with Crippen LogP contribution in [-0.4, -0.2) is 31.5 Å². The maximum Gasteiger partial charge on any atom is 0.339 e. The minimum absolute atomic E-state index is 0.186. The summed E-state index contributed by atoms with van der Waals surface area (Å²) in [5.74, 6) is -2.78. The summed E-state index contributed by atoms with van der Waals surface area (Å²) in [7, 11) is 0. The number of anilines is 1. The molecule has 0 atom stereocenters. The molecule has 0 spiro atoms. The summed E-state index contributed by atoms with van der Waals surface area (Å²) in [4.78, 5) is 28.2. The lowest BCUT2D eigenvalue weighted by molar-refractivity contribution is 0.0693. The highest BCUT2D eigenvalue weighted by atomic mass is 19.1. The number of nitrogens with one attached hydrogen (secondary N) is 1. The molecule has 0 fully saturated rings. The summed E-state index contributed by atoms with van der Waals surface area (Å²) in [6.07, 6.45) is 2.45. The van der Waals surface area contributed by atoms with Crippen LogP contribution in [-0.2, 0) is 6.42 Å². The van der Waals surface area contributed by atoms with E-state index in [0.29, 0.717) is 17.8 Å². The molecule has 2 heterocycles. The van der Waals surface area contributed by atoms with Gasteiger partial charge in [-0.25, -0.2) is 14.2 Å². The Bertz CT molecular complexity index is 1010. The van der Waals surface area contributed by atoms with Crippen LogP contribution in [0.25, 0.3) is 5.65 Å². The fourth-order valence-electron chi connectivity index (χ4n) is 2.69. The monoisotopic (exact) mass is 357 g/mol. The third kappa shape index (κ3) is 3.21. The van der Waals surface area contributed by atoms with Crippen LogP contribution in [0, 0.1) is 5.82 Å². The van der Waals surface area contributed by atoms with Crippen LogP contribution in [0.2, 0.25) is 0 Å². The zero-order chi connectivity index (χ0) is 18.8. The first-order chi connectivity index (χ1) is 12.4. The summed E-state index contributed by atoms with van der Waals surface area (Å²) in [5.41, 5.74) is 1.01. The molecule has 1 aromatic carbocycles. The Kier molecular flexibility index (Phi) is 4.57. The van der Waals surface area contributed by atoms with Crippen molar-refractivity contribution in [2.45, 2.75) is 19.8 Å². The van der Waals surface area contributed by atoms with E-state index in [1.54, 1.807) is 0 Å². The molecule has 8 heteroatoms. The molecule has 3 aromatic rings. The Labute approximate surface area is 147 Å². The lowest BCUT2D eigenvalue weighted by Crippen LogP contribution is -2.17. The molecule has 3 rings (SSSR count). The number of aryl methyl sites for hydroxylation is 1. The number of hydrogen-bond donors (Lipinski definition) is 3. The van der Waals surface area contributed by atoms with Crippen molar-refractivity contribution >= 4 is 23.2 Å². The largest absolute Gasteiger partial charge is 0.507 e. The van der Waals surface area contributed by atoms with Gasteiger partial charge in [-0.3, -0.25) is 9.20 Å². The molecule has 134 valence electrons. The van der Waals surface area contributed by atoms with E-state index in [0.717, 1.165) is 12.5 Å². The van der Waals surface area contributed by atoms with Crippen molar-refractivity contribution in [2.24, 2.45) is 0 Å². The van der Waals surface area contributed by atoms with Gasteiger partial charge in [0.2, 0.25) is 0 Å². The quantitative estimate of drug-likeness (QED) is 0.609. The van der Waals surface area contributed by atoms with E-state index < -0.39 is 23.4 Å². The second-order valence-electron chi connectivity index (χ2n) is 5.72. The molecule has 3 N–H and O–H groups in total. The highest BCUT2D eigenvalue weighted by molar-refractivity contribution is 6.05. The van der Waals surface area contributed by atoms with Crippen LogP contribution in [0.5, 0.6) is 5.75 Å². The van der Waals surface area contributed by atoms with Crippen LogP contribution in [0.1, 0.15) is 39.9 Å². The molecule has 0 saturated heterocycles. The molecular weight excluding hydrogens is 341 g/mol. The minimum Gasteiger partial charge on any atom is -0.507 e. The Morgan fingerprint density at radius 1 is 1.27 bits per heavy atom. The molecule has 1 amide bonds. The highest BCUT2D eigenvalue weighted by Gasteiger charge is 2.20. The van der Waals surface area contributed by atoms with Crippen molar-refractivity contribution in [3.63, 3.8) is 0 Å². The SMILES string of the molecule is CCCc1nc2ccc(F)cn2c1C(=O)Nc1ccc(O)c(C(=O)O)c1. The van der Waals surface area contributed by atoms with Crippen LogP contribution >= 0.6 is 0 Å². The molecule has 0 aliphatic heterocycles. The van der Waals surface area contributed by atoms with E-state index in [1.165, 1.54) is 34.9 Å². The van der Waals surface area contributed by atoms with Crippen LogP contribution in [0.3, 0.4) is 0 Å². The fourth-order valence-corrected chi connectivity index (χ4v) is 2.69. The summed E-state index contributed by atoms with van der Waals surface area (Å²) < 4.78 is 15.0. The van der Waals surface area contributed by atoms with E-state index >= 15 is 0 Å². The van der Waals surface area contributed by atoms with E-state index in [4.69, 9.17) is 5.11 Å². The summed E-state index contributed by atoms with van der Waals surface area (Å²) in [6, 6.07) is 6.45. The number of phenols is 1. The number of hydrogen-bond acceptors (Lipinski definition) is 4. The van der Waals surface area contributed by atoms with Gasteiger partial charge in [0.1, 0.15) is 28.5 Å². The van der Waals surface area contributed by atoms with Gasteiger partial charge in [0, 0.05) is 11.9 Å². The second kappa shape index (κ2) is 6.83. The number of benzene rings is 1. The number of halogens is 1. The standard InChI is InChI=1S/C18H16FN3O4/c1-2-3-13-16(22-9-10(19)4-7-15(22)21-13)17(24)20-11-5-6-14(23)12(8-11)18(25)26/h4-9,23H,2-3H2,1H3,(H,20,24)(H,25,26). The van der Waals surface area contributed by atoms with Crippen molar-refractivity contribution in [3.8, 4) is 5.75 Å². The number of rotatable bonds is 5. The minimum atomic E-state index is -1.32. The van der Waals surface area contributed by atoms with E-state index in [2.05, 4.69) is 10.3 Å². The fraction of sp³-hybridized carbons (Fsp3) is 0.167. The first-order valence-electron chi connectivity index (χ1n) is 7.95. The number of aromatic carboxylic acids is 1. The van der Waals surface area contributed by atoms with Gasteiger partial charge >= 0.3 is 5.97 Å². The molecule has 7 nitrogen and oxygen atoms in total. The number of amides is 1. The summed E-state index contributed by atoms with van der Waals surface area (Å²) in [6.45, 7) is 1.94. The zero-order valence-corrected chi connectivity index (χ0v) is 13.9. The number of imidazole rings is 1. The Morgan fingerprint density at radius 3 is 2.73 bits per heavy atom. The number of nitrogens with zero attached hydrogens (tertiary/aromatic N) is 2. The van der Waals surface area contributed by atoms with Gasteiger partial charge in [0.15, 0.2) is 0 Å². The third-order valence-corrected chi connectivity index (χ3v) is 3.84. The average Bonchev–Trinajstić information content (AvgIpc) is 2.94. The van der Waals surface area contributed by atoms with Crippen LogP contribution < -0.4 is 5.32 Å². The molecular formula is C18H16FN3O4. The van der Waals surface area contributed by atoms with Gasteiger partial charge in [0.25, 0.3) is 5.91 Å². The third-order valence-electron chi connectivity index (χ3n) is 3.84. The normalized spacial score (nSPS) is 10.8. The topological polar surface area (TPSA) is 104 Å². The lowest BCUT2D eigenvalue weighted by atomic mass is 10.1. The number of fused-ring (bicyclic) bond motifs is 1. The maximum absolute atomic E-state index is 13.6. The molecule has 0 saturated carbocycles. The number of aromatic nitrogens is 2. The van der Waals surface area contributed by atoms with Crippen molar-refractivity contribution in [1.82, 2.24) is 9.38 Å². The first kappa shape index (κ1) is 17.4. The van der Waals surface area contributed by atoms with Crippen LogP contribution in [0.4, 0.5) is 10.1 Å².